The molecule has 0 saturated heterocycles. The Labute approximate surface area is 457 Å². The third kappa shape index (κ3) is 6.30. The second kappa shape index (κ2) is 17.4. The molecule has 368 valence electrons. The molecule has 1 nitrogen and oxygen atoms in total. The van der Waals surface area contributed by atoms with E-state index in [1.165, 1.54) is 117 Å². The van der Waals surface area contributed by atoms with Gasteiger partial charge in [0.05, 0.1) is 10.8 Å². The molecule has 0 amide bonds. The summed E-state index contributed by atoms with van der Waals surface area (Å²) < 4.78 is 0. The van der Waals surface area contributed by atoms with Crippen molar-refractivity contribution in [3.05, 3.63) is 329 Å². The Morgan fingerprint density at radius 3 is 1.38 bits per heavy atom. The highest BCUT2D eigenvalue weighted by Crippen LogP contribution is 2.67. The molecule has 1 heteroatoms. The van der Waals surface area contributed by atoms with Gasteiger partial charge in [-0.1, -0.05) is 244 Å². The molecule has 0 aliphatic heterocycles. The lowest BCUT2D eigenvalue weighted by Gasteiger charge is -2.36. The first-order valence-electron chi connectivity index (χ1n) is 28.0. The molecule has 0 fully saturated rings. The Morgan fingerprint density at radius 2 is 0.769 bits per heavy atom. The lowest BCUT2D eigenvalue weighted by atomic mass is 9.65. The normalized spacial score (nSPS) is 17.7. The van der Waals surface area contributed by atoms with Crippen molar-refractivity contribution in [1.29, 1.82) is 0 Å². The van der Waals surface area contributed by atoms with Crippen LogP contribution in [0.25, 0.3) is 66.8 Å². The number of anilines is 3. The van der Waals surface area contributed by atoms with Crippen molar-refractivity contribution >= 4 is 17.1 Å². The highest BCUT2D eigenvalue weighted by Gasteiger charge is 2.57. The van der Waals surface area contributed by atoms with Gasteiger partial charge in [-0.15, -0.1) is 0 Å². The second-order valence-electron chi connectivity index (χ2n) is 22.1. The molecular formula is C77H55N. The zero-order valence-electron chi connectivity index (χ0n) is 43.6. The number of nitrogens with zero attached hydrogens (tertiary/aromatic N) is 1. The second-order valence-corrected chi connectivity index (χ2v) is 22.1. The van der Waals surface area contributed by atoms with Crippen molar-refractivity contribution in [2.24, 2.45) is 5.92 Å². The molecule has 5 aliphatic carbocycles. The van der Waals surface area contributed by atoms with Gasteiger partial charge in [-0.05, 0) is 172 Å². The van der Waals surface area contributed by atoms with Crippen LogP contribution in [0, 0.1) is 5.92 Å². The minimum absolute atomic E-state index is 0.243. The highest BCUT2D eigenvalue weighted by atomic mass is 15.1. The van der Waals surface area contributed by atoms with Gasteiger partial charge < -0.3 is 4.90 Å². The molecular weight excluding hydrogens is 939 g/mol. The number of hydrogen-bond donors (Lipinski definition) is 0. The Kier molecular flexibility index (Phi) is 10.0. The molecule has 0 radical (unpaired) electrons. The van der Waals surface area contributed by atoms with Crippen LogP contribution in [-0.2, 0) is 17.3 Å². The predicted octanol–water partition coefficient (Wildman–Crippen LogP) is 19.6. The fraction of sp³-hybridized carbons (Fsp3) is 0.0909. The molecule has 3 atom stereocenters. The molecule has 11 aromatic carbocycles. The van der Waals surface area contributed by atoms with Gasteiger partial charge in [-0.3, -0.25) is 0 Å². The van der Waals surface area contributed by atoms with E-state index in [2.05, 4.69) is 291 Å². The van der Waals surface area contributed by atoms with E-state index in [1.54, 1.807) is 0 Å². The molecule has 0 saturated carbocycles. The van der Waals surface area contributed by atoms with E-state index < -0.39 is 5.41 Å². The van der Waals surface area contributed by atoms with Crippen molar-refractivity contribution in [1.82, 2.24) is 0 Å². The molecule has 5 aliphatic rings. The number of benzene rings is 11. The maximum absolute atomic E-state index is 2.55. The maximum atomic E-state index is 2.55. The molecule has 78 heavy (non-hydrogen) atoms. The fourth-order valence-corrected chi connectivity index (χ4v) is 15.1. The summed E-state index contributed by atoms with van der Waals surface area (Å²) in [6, 6.07) is 96.9. The number of aryl methyl sites for hydroxylation is 1. The fourth-order valence-electron chi connectivity index (χ4n) is 15.1. The highest BCUT2D eigenvalue weighted by molar-refractivity contribution is 5.97. The summed E-state index contributed by atoms with van der Waals surface area (Å²) >= 11 is 0. The Hall–Kier alpha value is -9.30. The van der Waals surface area contributed by atoms with E-state index in [4.69, 9.17) is 0 Å². The predicted molar refractivity (Wildman–Crippen MR) is 324 cm³/mol. The van der Waals surface area contributed by atoms with Gasteiger partial charge >= 0.3 is 0 Å². The van der Waals surface area contributed by atoms with Crippen LogP contribution in [0.1, 0.15) is 69.3 Å². The lowest BCUT2D eigenvalue weighted by molar-refractivity contribution is 0.466. The summed E-state index contributed by atoms with van der Waals surface area (Å²) in [6.07, 6.45) is 11.8. The van der Waals surface area contributed by atoms with Crippen LogP contribution in [-0.4, -0.2) is 0 Å². The van der Waals surface area contributed by atoms with Crippen LogP contribution in [0.5, 0.6) is 0 Å². The van der Waals surface area contributed by atoms with Crippen LogP contribution in [0.2, 0.25) is 0 Å². The SMILES string of the molecule is CCCc1ccc(-c2ccc3c(c2)C2(c4ccccc4-3)c3cc(-c4ccc(N(c5ccc(-c6ccccc6)cc5)c5ccc6c(c5)C5(c7ccccc7-c7ccccc75)c5ccccc5-6)cc4)ccc3C3C=CC=CC32)cc1. The van der Waals surface area contributed by atoms with Gasteiger partial charge in [-0.2, -0.15) is 0 Å². The quantitative estimate of drug-likeness (QED) is 0.147. The monoisotopic (exact) mass is 993 g/mol. The molecule has 0 bridgehead atoms. The zero-order chi connectivity index (χ0) is 51.5. The number of fused-ring (bicyclic) bond motifs is 20. The maximum Gasteiger partial charge on any atom is 0.0726 e. The lowest BCUT2D eigenvalue weighted by Crippen LogP contribution is -2.33. The van der Waals surface area contributed by atoms with Gasteiger partial charge in [0.1, 0.15) is 0 Å². The summed E-state index contributed by atoms with van der Waals surface area (Å²) in [5.74, 6) is 0.511. The largest absolute Gasteiger partial charge is 0.310 e. The van der Waals surface area contributed by atoms with Crippen LogP contribution in [0.4, 0.5) is 17.1 Å². The van der Waals surface area contributed by atoms with E-state index >= 15 is 0 Å². The minimum atomic E-state index is -0.447. The molecule has 2 spiro atoms. The number of hydrogen-bond acceptors (Lipinski definition) is 1. The van der Waals surface area contributed by atoms with Gasteiger partial charge in [-0.25, -0.2) is 0 Å². The van der Waals surface area contributed by atoms with Gasteiger partial charge in [0.15, 0.2) is 0 Å². The third-order valence-electron chi connectivity index (χ3n) is 18.3. The van der Waals surface area contributed by atoms with Gasteiger partial charge in [0.2, 0.25) is 0 Å². The van der Waals surface area contributed by atoms with Crippen molar-refractivity contribution in [2.75, 3.05) is 4.90 Å². The van der Waals surface area contributed by atoms with E-state index in [9.17, 15) is 0 Å². The minimum Gasteiger partial charge on any atom is -0.310 e. The van der Waals surface area contributed by atoms with Crippen LogP contribution in [0.15, 0.2) is 279 Å². The van der Waals surface area contributed by atoms with Crippen molar-refractivity contribution in [2.45, 2.75) is 36.5 Å². The smallest absolute Gasteiger partial charge is 0.0726 e. The van der Waals surface area contributed by atoms with Gasteiger partial charge in [0, 0.05) is 28.9 Å². The van der Waals surface area contributed by atoms with E-state index in [-0.39, 0.29) is 17.3 Å². The van der Waals surface area contributed by atoms with Crippen molar-refractivity contribution < 1.29 is 0 Å². The van der Waals surface area contributed by atoms with E-state index in [0.29, 0.717) is 0 Å². The molecule has 0 N–H and O–H groups in total. The Balaban J connectivity index is 0.841. The first-order chi connectivity index (χ1) is 38.6. The molecule has 0 aromatic heterocycles. The number of rotatable bonds is 8. The zero-order valence-corrected chi connectivity index (χ0v) is 43.6. The Bertz CT molecular complexity index is 4210. The molecule has 11 aromatic rings. The van der Waals surface area contributed by atoms with E-state index in [1.807, 2.05) is 0 Å². The van der Waals surface area contributed by atoms with Crippen LogP contribution < -0.4 is 4.90 Å². The summed E-state index contributed by atoms with van der Waals surface area (Å²) in [7, 11) is 0. The molecule has 3 unspecified atom stereocenters. The summed E-state index contributed by atoms with van der Waals surface area (Å²) in [5, 5.41) is 0. The van der Waals surface area contributed by atoms with Crippen LogP contribution >= 0.6 is 0 Å². The first-order valence-corrected chi connectivity index (χ1v) is 28.0. The molecule has 16 rings (SSSR count). The number of allylic oxidation sites excluding steroid dienone is 4. The van der Waals surface area contributed by atoms with Crippen molar-refractivity contribution in [3.63, 3.8) is 0 Å². The first kappa shape index (κ1) is 44.9. The summed E-state index contributed by atoms with van der Waals surface area (Å²) in [4.78, 5) is 2.46. The van der Waals surface area contributed by atoms with Crippen LogP contribution in [0.3, 0.4) is 0 Å². The molecule has 0 heterocycles. The van der Waals surface area contributed by atoms with Gasteiger partial charge in [0.25, 0.3) is 0 Å². The summed E-state index contributed by atoms with van der Waals surface area (Å²) in [6.45, 7) is 2.26. The van der Waals surface area contributed by atoms with Crippen molar-refractivity contribution in [3.8, 4) is 66.8 Å². The van der Waals surface area contributed by atoms with E-state index in [0.717, 1.165) is 29.9 Å². The topological polar surface area (TPSA) is 3.24 Å². The Morgan fingerprint density at radius 1 is 0.333 bits per heavy atom. The average Bonchev–Trinajstić information content (AvgIpc) is 4.04. The summed E-state index contributed by atoms with van der Waals surface area (Å²) in [5.41, 5.74) is 30.3. The third-order valence-corrected chi connectivity index (χ3v) is 18.3. The average molecular weight is 994 g/mol. The standard InChI is InChI=1S/C77H55N/c1-2-16-50-29-31-53(32-30-50)55-37-44-65-62-21-9-14-27-71(62)77(73(65)47-55)72-28-15-10-22-63(72)66-45-38-56(48-74(66)77)54-35-41-58(42-36-54)78(57-39-33-52(34-40-57)51-17-4-3-5-18-51)59-43-46-67-64-23-8-13-26-70(64)76(75(67)49-59)68-24-11-6-19-60(68)61-20-7-12-25-69(61)76/h3-15,17-49,63,72H,2,16H2,1H3.